The fraction of sp³-hybridized carbons (Fsp3) is 0.381. The summed E-state index contributed by atoms with van der Waals surface area (Å²) in [6.45, 7) is 1.90. The van der Waals surface area contributed by atoms with E-state index in [1.165, 1.54) is 43.4 Å². The van der Waals surface area contributed by atoms with Gasteiger partial charge in [-0.15, -0.1) is 0 Å². The first kappa shape index (κ1) is 15.7. The Morgan fingerprint density at radius 1 is 0.962 bits per heavy atom. The highest BCUT2D eigenvalue weighted by Crippen LogP contribution is 2.33. The molecule has 1 aromatic carbocycles. The number of hydrogen-bond donors (Lipinski definition) is 1. The molecule has 2 aromatic heterocycles. The van der Waals surface area contributed by atoms with Gasteiger partial charge in [0.2, 0.25) is 0 Å². The molecule has 1 saturated carbocycles. The predicted octanol–water partition coefficient (Wildman–Crippen LogP) is 4.42. The average molecular weight is 345 g/mol. The van der Waals surface area contributed by atoms with Crippen LogP contribution in [0.2, 0.25) is 0 Å². The van der Waals surface area contributed by atoms with Crippen LogP contribution in [0.3, 0.4) is 0 Å². The van der Waals surface area contributed by atoms with Gasteiger partial charge in [-0.2, -0.15) is 0 Å². The Morgan fingerprint density at radius 3 is 2.77 bits per heavy atom. The van der Waals surface area contributed by atoms with Crippen LogP contribution in [0.15, 0.2) is 42.9 Å². The van der Waals surface area contributed by atoms with Gasteiger partial charge in [-0.1, -0.05) is 37.5 Å². The first-order chi connectivity index (χ1) is 12.9. The second-order valence-electron chi connectivity index (χ2n) is 7.39. The molecule has 5 heteroatoms. The number of aromatic nitrogens is 3. The number of anilines is 2. The topological polar surface area (TPSA) is 53.9 Å². The van der Waals surface area contributed by atoms with Crippen molar-refractivity contribution in [2.24, 2.45) is 0 Å². The second kappa shape index (κ2) is 6.65. The normalized spacial score (nSPS) is 18.2. The highest BCUT2D eigenvalue weighted by Gasteiger charge is 2.29. The third-order valence-corrected chi connectivity index (χ3v) is 5.69. The Bertz CT molecular complexity index is 933. The molecule has 1 aliphatic heterocycles. The van der Waals surface area contributed by atoms with E-state index in [1.807, 2.05) is 24.4 Å². The van der Waals surface area contributed by atoms with Crippen molar-refractivity contribution >= 4 is 22.4 Å². The van der Waals surface area contributed by atoms with E-state index < -0.39 is 0 Å². The summed E-state index contributed by atoms with van der Waals surface area (Å²) in [5, 5.41) is 4.61. The number of benzene rings is 1. The lowest BCUT2D eigenvalue weighted by atomic mass is 9.94. The van der Waals surface area contributed by atoms with Gasteiger partial charge in [-0.05, 0) is 25.0 Å². The molecule has 1 fully saturated rings. The molecular formula is C21H23N5. The number of hydrogen-bond acceptors (Lipinski definition) is 5. The Morgan fingerprint density at radius 2 is 1.85 bits per heavy atom. The molecule has 0 unspecified atom stereocenters. The van der Waals surface area contributed by atoms with E-state index in [0.29, 0.717) is 6.04 Å². The van der Waals surface area contributed by atoms with Gasteiger partial charge in [0.1, 0.15) is 12.1 Å². The standard InChI is InChI=1S/C21H23N5/c1-2-7-17(8-3-1)26-12-18-20(13-26)23-14-24-21(18)25-16-10-15-6-4-5-9-19(15)22-11-16/h4-6,9-11,14,17H,1-3,7-8,12-13H2,(H,23,24,25). The third kappa shape index (κ3) is 2.92. The van der Waals surface area contributed by atoms with Crippen molar-refractivity contribution < 1.29 is 0 Å². The zero-order chi connectivity index (χ0) is 17.3. The predicted molar refractivity (Wildman–Crippen MR) is 103 cm³/mol. The lowest BCUT2D eigenvalue weighted by Gasteiger charge is -2.30. The SMILES string of the molecule is c1ccc2ncc(Nc3ncnc4c3CN(C3CCCCC3)C4)cc2c1. The first-order valence-corrected chi connectivity index (χ1v) is 9.55. The molecule has 0 radical (unpaired) electrons. The minimum Gasteiger partial charge on any atom is -0.339 e. The van der Waals surface area contributed by atoms with Crippen molar-refractivity contribution in [2.45, 2.75) is 51.2 Å². The van der Waals surface area contributed by atoms with Gasteiger partial charge in [-0.3, -0.25) is 9.88 Å². The highest BCUT2D eigenvalue weighted by atomic mass is 15.2. The minimum absolute atomic E-state index is 0.702. The first-order valence-electron chi connectivity index (χ1n) is 9.55. The molecule has 0 spiro atoms. The van der Waals surface area contributed by atoms with Crippen molar-refractivity contribution in [1.82, 2.24) is 19.9 Å². The molecule has 5 nitrogen and oxygen atoms in total. The smallest absolute Gasteiger partial charge is 0.138 e. The van der Waals surface area contributed by atoms with Crippen molar-refractivity contribution in [2.75, 3.05) is 5.32 Å². The van der Waals surface area contributed by atoms with Crippen LogP contribution in [-0.2, 0) is 13.1 Å². The molecule has 1 aliphatic carbocycles. The van der Waals surface area contributed by atoms with Crippen LogP contribution in [0.4, 0.5) is 11.5 Å². The summed E-state index contributed by atoms with van der Waals surface area (Å²) in [4.78, 5) is 16.2. The number of nitrogens with zero attached hydrogens (tertiary/aromatic N) is 4. The summed E-state index contributed by atoms with van der Waals surface area (Å²) in [5.41, 5.74) is 4.39. The zero-order valence-corrected chi connectivity index (χ0v) is 14.9. The number of nitrogens with one attached hydrogen (secondary N) is 1. The summed E-state index contributed by atoms with van der Waals surface area (Å²) in [6, 6.07) is 11.0. The van der Waals surface area contributed by atoms with Gasteiger partial charge in [0.05, 0.1) is 23.1 Å². The maximum atomic E-state index is 4.55. The molecule has 26 heavy (non-hydrogen) atoms. The molecule has 0 amide bonds. The molecule has 0 bridgehead atoms. The number of para-hydroxylation sites is 1. The monoisotopic (exact) mass is 345 g/mol. The zero-order valence-electron chi connectivity index (χ0n) is 14.9. The summed E-state index contributed by atoms with van der Waals surface area (Å²) in [7, 11) is 0. The molecule has 2 aliphatic rings. The fourth-order valence-electron chi connectivity index (χ4n) is 4.29. The minimum atomic E-state index is 0.702. The Kier molecular flexibility index (Phi) is 4.02. The molecule has 0 saturated heterocycles. The molecule has 1 N–H and O–H groups in total. The number of pyridine rings is 1. The lowest BCUT2D eigenvalue weighted by molar-refractivity contribution is 0.156. The van der Waals surface area contributed by atoms with Crippen LogP contribution >= 0.6 is 0 Å². The summed E-state index contributed by atoms with van der Waals surface area (Å²) >= 11 is 0. The summed E-state index contributed by atoms with van der Waals surface area (Å²) in [5.74, 6) is 0.922. The van der Waals surface area contributed by atoms with Crippen molar-refractivity contribution in [1.29, 1.82) is 0 Å². The fourth-order valence-corrected chi connectivity index (χ4v) is 4.29. The molecule has 0 atom stereocenters. The van der Waals surface area contributed by atoms with E-state index in [4.69, 9.17) is 0 Å². The third-order valence-electron chi connectivity index (χ3n) is 5.69. The van der Waals surface area contributed by atoms with Gasteiger partial charge < -0.3 is 5.32 Å². The lowest BCUT2D eigenvalue weighted by Crippen LogP contribution is -2.32. The van der Waals surface area contributed by atoms with Crippen LogP contribution in [0.5, 0.6) is 0 Å². The van der Waals surface area contributed by atoms with E-state index in [0.717, 1.165) is 35.5 Å². The van der Waals surface area contributed by atoms with E-state index >= 15 is 0 Å². The van der Waals surface area contributed by atoms with Crippen LogP contribution in [-0.4, -0.2) is 25.9 Å². The maximum absolute atomic E-state index is 4.55. The van der Waals surface area contributed by atoms with E-state index in [1.54, 1.807) is 6.33 Å². The van der Waals surface area contributed by atoms with Crippen molar-refractivity contribution in [3.8, 4) is 0 Å². The van der Waals surface area contributed by atoms with Gasteiger partial charge >= 0.3 is 0 Å². The van der Waals surface area contributed by atoms with Gasteiger partial charge in [-0.25, -0.2) is 9.97 Å². The van der Waals surface area contributed by atoms with E-state index in [2.05, 4.69) is 37.3 Å². The maximum Gasteiger partial charge on any atom is 0.138 e. The molecule has 3 aromatic rings. The Balaban J connectivity index is 1.40. The van der Waals surface area contributed by atoms with Gasteiger partial charge in [0.25, 0.3) is 0 Å². The molecule has 5 rings (SSSR count). The van der Waals surface area contributed by atoms with Crippen molar-refractivity contribution in [3.05, 3.63) is 54.1 Å². The number of rotatable bonds is 3. The largest absolute Gasteiger partial charge is 0.339 e. The molecular weight excluding hydrogens is 322 g/mol. The van der Waals surface area contributed by atoms with Gasteiger partial charge in [0.15, 0.2) is 0 Å². The van der Waals surface area contributed by atoms with Gasteiger partial charge in [0, 0.05) is 30.1 Å². The summed E-state index contributed by atoms with van der Waals surface area (Å²) in [6.07, 6.45) is 10.3. The van der Waals surface area contributed by atoms with E-state index in [9.17, 15) is 0 Å². The second-order valence-corrected chi connectivity index (χ2v) is 7.39. The van der Waals surface area contributed by atoms with Crippen LogP contribution < -0.4 is 5.32 Å². The molecule has 3 heterocycles. The summed E-state index contributed by atoms with van der Waals surface area (Å²) < 4.78 is 0. The Labute approximate surface area is 153 Å². The highest BCUT2D eigenvalue weighted by molar-refractivity contribution is 5.82. The molecule has 132 valence electrons. The quantitative estimate of drug-likeness (QED) is 0.762. The average Bonchev–Trinajstić information content (AvgIpc) is 3.14. The Hall–Kier alpha value is -2.53. The van der Waals surface area contributed by atoms with E-state index in [-0.39, 0.29) is 0 Å². The van der Waals surface area contributed by atoms with Crippen LogP contribution in [0.1, 0.15) is 43.4 Å². The van der Waals surface area contributed by atoms with Crippen LogP contribution in [0.25, 0.3) is 10.9 Å². The van der Waals surface area contributed by atoms with Crippen LogP contribution in [0, 0.1) is 0 Å². The number of fused-ring (bicyclic) bond motifs is 2. The van der Waals surface area contributed by atoms with Crippen molar-refractivity contribution in [3.63, 3.8) is 0 Å².